The maximum absolute atomic E-state index is 11.8. The van der Waals surface area contributed by atoms with Gasteiger partial charge >= 0.3 is 0 Å². The van der Waals surface area contributed by atoms with Crippen LogP contribution in [0.2, 0.25) is 0 Å². The molecule has 0 aromatic heterocycles. The second-order valence-electron chi connectivity index (χ2n) is 4.35. The van der Waals surface area contributed by atoms with Crippen molar-refractivity contribution in [2.24, 2.45) is 0 Å². The van der Waals surface area contributed by atoms with Gasteiger partial charge in [-0.05, 0) is 24.5 Å². The molecule has 1 atom stereocenters. The summed E-state index contributed by atoms with van der Waals surface area (Å²) < 4.78 is 0. The molecule has 18 heavy (non-hydrogen) atoms. The monoisotopic (exact) mass is 247 g/mol. The van der Waals surface area contributed by atoms with Crippen molar-refractivity contribution in [3.05, 3.63) is 47.5 Å². The number of benzene rings is 1. The van der Waals surface area contributed by atoms with E-state index in [0.717, 1.165) is 24.0 Å². The summed E-state index contributed by atoms with van der Waals surface area (Å²) in [5.74, 6) is -0.149. The lowest BCUT2D eigenvalue weighted by atomic mass is 10.1. The van der Waals surface area contributed by atoms with Gasteiger partial charge in [-0.2, -0.15) is 0 Å². The van der Waals surface area contributed by atoms with E-state index in [9.17, 15) is 4.79 Å². The van der Waals surface area contributed by atoms with Gasteiger partial charge < -0.3 is 10.4 Å². The lowest BCUT2D eigenvalue weighted by molar-refractivity contribution is -0.117. The van der Waals surface area contributed by atoms with Crippen LogP contribution in [0.15, 0.2) is 42.0 Å². The normalized spacial score (nSPS) is 13.2. The Morgan fingerprint density at radius 1 is 1.39 bits per heavy atom. The van der Waals surface area contributed by atoms with Crippen molar-refractivity contribution in [1.82, 2.24) is 5.32 Å². The van der Waals surface area contributed by atoms with E-state index in [-0.39, 0.29) is 18.6 Å². The number of hydrogen-bond acceptors (Lipinski definition) is 2. The summed E-state index contributed by atoms with van der Waals surface area (Å²) in [4.78, 5) is 11.8. The van der Waals surface area contributed by atoms with E-state index in [2.05, 4.69) is 5.32 Å². The Morgan fingerprint density at radius 2 is 2.06 bits per heavy atom. The molecule has 0 heterocycles. The average molecular weight is 247 g/mol. The molecule has 0 unspecified atom stereocenters. The summed E-state index contributed by atoms with van der Waals surface area (Å²) >= 11 is 0. The molecule has 1 aromatic carbocycles. The van der Waals surface area contributed by atoms with Crippen LogP contribution in [0.3, 0.4) is 0 Å². The summed E-state index contributed by atoms with van der Waals surface area (Å²) in [6.45, 7) is 3.91. The first-order valence-corrected chi connectivity index (χ1v) is 6.33. The van der Waals surface area contributed by atoms with Gasteiger partial charge in [0, 0.05) is 6.08 Å². The van der Waals surface area contributed by atoms with Crippen molar-refractivity contribution < 1.29 is 9.90 Å². The van der Waals surface area contributed by atoms with Crippen molar-refractivity contribution in [3.63, 3.8) is 0 Å². The minimum absolute atomic E-state index is 0.0310. The molecule has 1 rings (SSSR count). The highest BCUT2D eigenvalue weighted by molar-refractivity contribution is 5.88. The zero-order chi connectivity index (χ0) is 13.4. The minimum Gasteiger partial charge on any atom is -0.392 e. The van der Waals surface area contributed by atoms with E-state index >= 15 is 0 Å². The van der Waals surface area contributed by atoms with Gasteiger partial charge in [-0.3, -0.25) is 4.79 Å². The quantitative estimate of drug-likeness (QED) is 0.759. The Labute approximate surface area is 109 Å². The van der Waals surface area contributed by atoms with Crippen molar-refractivity contribution >= 4 is 5.91 Å². The molecule has 0 radical (unpaired) electrons. The van der Waals surface area contributed by atoms with E-state index in [1.165, 1.54) is 6.08 Å². The lowest BCUT2D eigenvalue weighted by Crippen LogP contribution is -2.25. The topological polar surface area (TPSA) is 49.3 Å². The predicted molar refractivity (Wildman–Crippen MR) is 73.1 cm³/mol. The maximum atomic E-state index is 11.8. The van der Waals surface area contributed by atoms with Crippen LogP contribution in [0.4, 0.5) is 0 Å². The van der Waals surface area contributed by atoms with E-state index in [1.54, 1.807) is 0 Å². The lowest BCUT2D eigenvalue weighted by Gasteiger charge is -2.13. The number of carbonyl (C=O) groups is 1. The molecule has 2 N–H and O–H groups in total. The van der Waals surface area contributed by atoms with Gasteiger partial charge in [-0.25, -0.2) is 0 Å². The van der Waals surface area contributed by atoms with Gasteiger partial charge in [0.1, 0.15) is 0 Å². The van der Waals surface area contributed by atoms with Crippen molar-refractivity contribution in [2.75, 3.05) is 6.61 Å². The Balaban J connectivity index is 2.59. The molecule has 3 heteroatoms. The van der Waals surface area contributed by atoms with Crippen LogP contribution in [-0.4, -0.2) is 17.6 Å². The Hall–Kier alpha value is -1.61. The van der Waals surface area contributed by atoms with Crippen molar-refractivity contribution in [3.8, 4) is 0 Å². The number of amides is 1. The van der Waals surface area contributed by atoms with Crippen molar-refractivity contribution in [2.45, 2.75) is 32.7 Å². The molecular weight excluding hydrogens is 226 g/mol. The molecule has 1 amide bonds. The third-order valence-corrected chi connectivity index (χ3v) is 2.77. The van der Waals surface area contributed by atoms with Crippen LogP contribution in [0.25, 0.3) is 0 Å². The minimum atomic E-state index is -0.149. The highest BCUT2D eigenvalue weighted by Crippen LogP contribution is 2.11. The summed E-state index contributed by atoms with van der Waals surface area (Å²) in [6, 6.07) is 9.77. The number of carbonyl (C=O) groups excluding carboxylic acids is 1. The molecule has 0 aliphatic heterocycles. The van der Waals surface area contributed by atoms with Gasteiger partial charge in [-0.1, -0.05) is 43.7 Å². The second-order valence-corrected chi connectivity index (χ2v) is 4.35. The first-order chi connectivity index (χ1) is 8.67. The standard InChI is InChI=1S/C15H21NO2/c1-3-7-13(11-17)10-15(18)16-12(2)14-8-5-4-6-9-14/h4-6,8-10,12,17H,3,7,11H2,1-2H3,(H,16,18)/t12-/m0/s1. The molecule has 0 aliphatic rings. The van der Waals surface area contributed by atoms with Crippen LogP contribution in [0.5, 0.6) is 0 Å². The van der Waals surface area contributed by atoms with Gasteiger partial charge in [0.2, 0.25) is 5.91 Å². The van der Waals surface area contributed by atoms with Crippen LogP contribution in [0.1, 0.15) is 38.3 Å². The Bertz CT molecular complexity index is 398. The Morgan fingerprint density at radius 3 is 2.61 bits per heavy atom. The fourth-order valence-electron chi connectivity index (χ4n) is 1.78. The fourth-order valence-corrected chi connectivity index (χ4v) is 1.78. The Kier molecular flexibility index (Phi) is 6.15. The third kappa shape index (κ3) is 4.72. The molecule has 0 saturated carbocycles. The SMILES string of the molecule is CCCC(=CC(=O)N[C@@H](C)c1ccccc1)CO. The van der Waals surface area contributed by atoms with E-state index in [1.807, 2.05) is 44.2 Å². The van der Waals surface area contributed by atoms with Gasteiger partial charge in [-0.15, -0.1) is 0 Å². The molecule has 0 spiro atoms. The van der Waals surface area contributed by atoms with Crippen LogP contribution < -0.4 is 5.32 Å². The van der Waals surface area contributed by atoms with E-state index in [4.69, 9.17) is 5.11 Å². The van der Waals surface area contributed by atoms with Gasteiger partial charge in [0.05, 0.1) is 12.6 Å². The number of rotatable bonds is 6. The first-order valence-electron chi connectivity index (χ1n) is 6.33. The van der Waals surface area contributed by atoms with E-state index in [0.29, 0.717) is 0 Å². The molecule has 1 aromatic rings. The van der Waals surface area contributed by atoms with Crippen LogP contribution >= 0.6 is 0 Å². The fraction of sp³-hybridized carbons (Fsp3) is 0.400. The van der Waals surface area contributed by atoms with Gasteiger partial charge in [0.15, 0.2) is 0 Å². The molecule has 0 aliphatic carbocycles. The van der Waals surface area contributed by atoms with E-state index < -0.39 is 0 Å². The zero-order valence-electron chi connectivity index (χ0n) is 11.0. The third-order valence-electron chi connectivity index (χ3n) is 2.77. The maximum Gasteiger partial charge on any atom is 0.244 e. The van der Waals surface area contributed by atoms with Crippen LogP contribution in [0, 0.1) is 0 Å². The molecule has 98 valence electrons. The average Bonchev–Trinajstić information content (AvgIpc) is 2.39. The predicted octanol–water partition coefficient (Wildman–Crippen LogP) is 2.58. The molecule has 0 saturated heterocycles. The van der Waals surface area contributed by atoms with Crippen LogP contribution in [-0.2, 0) is 4.79 Å². The number of aliphatic hydroxyl groups excluding tert-OH is 1. The second kappa shape index (κ2) is 7.67. The largest absolute Gasteiger partial charge is 0.392 e. The first kappa shape index (κ1) is 14.5. The number of hydrogen-bond donors (Lipinski definition) is 2. The smallest absolute Gasteiger partial charge is 0.244 e. The molecule has 0 fully saturated rings. The highest BCUT2D eigenvalue weighted by Gasteiger charge is 2.07. The summed E-state index contributed by atoms with van der Waals surface area (Å²) in [5, 5.41) is 12.0. The summed E-state index contributed by atoms with van der Waals surface area (Å²) in [5.41, 5.74) is 1.84. The number of nitrogens with one attached hydrogen (secondary N) is 1. The zero-order valence-corrected chi connectivity index (χ0v) is 11.0. The van der Waals surface area contributed by atoms with Crippen molar-refractivity contribution in [1.29, 1.82) is 0 Å². The summed E-state index contributed by atoms with van der Waals surface area (Å²) in [6.07, 6.45) is 3.18. The summed E-state index contributed by atoms with van der Waals surface area (Å²) in [7, 11) is 0. The number of aliphatic hydroxyl groups is 1. The molecule has 3 nitrogen and oxygen atoms in total. The molecular formula is C15H21NO2. The van der Waals surface area contributed by atoms with Gasteiger partial charge in [0.25, 0.3) is 0 Å². The highest BCUT2D eigenvalue weighted by atomic mass is 16.3. The molecule has 0 bridgehead atoms.